The number of amides is 2. The number of likely N-dealkylation sites (tertiary alicyclic amines) is 1. The molecule has 0 saturated carbocycles. The van der Waals surface area contributed by atoms with E-state index in [1.54, 1.807) is 22.3 Å². The van der Waals surface area contributed by atoms with Gasteiger partial charge in [0.05, 0.1) is 10.2 Å². The minimum Gasteiger partial charge on any atom is -0.490 e. The quantitative estimate of drug-likeness (QED) is 0.266. The van der Waals surface area contributed by atoms with Crippen LogP contribution in [0.25, 0.3) is 10.2 Å². The zero-order chi connectivity index (χ0) is 30.3. The molecular formula is C33H41N3O5S. The second kappa shape index (κ2) is 13.8. The Morgan fingerprint density at radius 3 is 2.52 bits per heavy atom. The van der Waals surface area contributed by atoms with Crippen LogP contribution in [0.2, 0.25) is 0 Å². The number of carbonyl (C=O) groups excluding carboxylic acids is 2. The molecule has 1 N–H and O–H groups in total. The Morgan fingerprint density at radius 2 is 1.86 bits per heavy atom. The van der Waals surface area contributed by atoms with Gasteiger partial charge < -0.3 is 29.0 Å². The summed E-state index contributed by atoms with van der Waals surface area (Å²) in [6.45, 7) is 12.9. The van der Waals surface area contributed by atoms with Crippen molar-refractivity contribution in [2.45, 2.75) is 58.7 Å². The number of ether oxygens (including phenoxy) is 3. The highest BCUT2D eigenvalue weighted by Crippen LogP contribution is 2.26. The molecule has 1 aromatic carbocycles. The summed E-state index contributed by atoms with van der Waals surface area (Å²) in [7, 11) is 1.89. The molecule has 3 aromatic rings. The van der Waals surface area contributed by atoms with Crippen LogP contribution in [0.15, 0.2) is 77.9 Å². The van der Waals surface area contributed by atoms with Crippen LogP contribution in [0, 0.1) is 0 Å². The van der Waals surface area contributed by atoms with Gasteiger partial charge in [-0.1, -0.05) is 24.8 Å². The van der Waals surface area contributed by atoms with E-state index in [0.29, 0.717) is 30.2 Å². The number of benzene rings is 1. The lowest BCUT2D eigenvalue weighted by Crippen LogP contribution is -2.37. The van der Waals surface area contributed by atoms with Crippen LogP contribution in [0.5, 0.6) is 11.5 Å². The molecule has 1 fully saturated rings. The molecule has 2 amide bonds. The van der Waals surface area contributed by atoms with Crippen LogP contribution in [-0.4, -0.2) is 52.9 Å². The molecule has 2 aromatic heterocycles. The molecule has 1 aliphatic rings. The lowest BCUT2D eigenvalue weighted by molar-refractivity contribution is 0.0252. The number of thiophene rings is 1. The second-order valence-corrected chi connectivity index (χ2v) is 12.2. The maximum Gasteiger partial charge on any atom is 0.410 e. The summed E-state index contributed by atoms with van der Waals surface area (Å²) < 4.78 is 20.8. The highest BCUT2D eigenvalue weighted by atomic mass is 32.1. The Labute approximate surface area is 252 Å². The van der Waals surface area contributed by atoms with E-state index in [-0.39, 0.29) is 24.7 Å². The SMILES string of the molecule is C=C/C=C(COc1ccc(OC2CCCN(C(=O)OC(C)(C)C)CC2)cc1)\C(=C/C)NC(=O)c1cc2sccc2n1C. The smallest absolute Gasteiger partial charge is 0.410 e. The van der Waals surface area contributed by atoms with E-state index < -0.39 is 5.60 Å². The molecule has 0 spiro atoms. The monoisotopic (exact) mass is 591 g/mol. The van der Waals surface area contributed by atoms with Crippen LogP contribution >= 0.6 is 11.3 Å². The molecule has 0 aliphatic carbocycles. The minimum atomic E-state index is -0.507. The summed E-state index contributed by atoms with van der Waals surface area (Å²) >= 11 is 1.61. The van der Waals surface area contributed by atoms with Crippen molar-refractivity contribution in [2.75, 3.05) is 19.7 Å². The topological polar surface area (TPSA) is 82.0 Å². The number of nitrogens with one attached hydrogen (secondary N) is 1. The molecule has 1 aliphatic heterocycles. The summed E-state index contributed by atoms with van der Waals surface area (Å²) in [5, 5.41) is 5.05. The van der Waals surface area contributed by atoms with E-state index in [0.717, 1.165) is 40.8 Å². The van der Waals surface area contributed by atoms with Crippen LogP contribution in [0.1, 0.15) is 57.4 Å². The number of aryl methyl sites for hydroxylation is 1. The van der Waals surface area contributed by atoms with Gasteiger partial charge in [0.25, 0.3) is 5.91 Å². The summed E-state index contributed by atoms with van der Waals surface area (Å²) in [5.41, 5.74) is 2.58. The van der Waals surface area contributed by atoms with Crippen LogP contribution in [0.3, 0.4) is 0 Å². The van der Waals surface area contributed by atoms with Crippen molar-refractivity contribution in [1.82, 2.24) is 14.8 Å². The molecule has 4 rings (SSSR count). The number of fused-ring (bicyclic) bond motifs is 1. The fraction of sp³-hybridized carbons (Fsp3) is 0.394. The van der Waals surface area contributed by atoms with Gasteiger partial charge in [0.1, 0.15) is 35.5 Å². The number of hydrogen-bond acceptors (Lipinski definition) is 6. The van der Waals surface area contributed by atoms with E-state index in [1.807, 2.05) is 93.2 Å². The number of hydrogen-bond donors (Lipinski definition) is 1. The molecule has 1 unspecified atom stereocenters. The van der Waals surface area contributed by atoms with Gasteiger partial charge in [-0.3, -0.25) is 4.79 Å². The largest absolute Gasteiger partial charge is 0.490 e. The van der Waals surface area contributed by atoms with Crippen LogP contribution in [0.4, 0.5) is 4.79 Å². The van der Waals surface area contributed by atoms with E-state index in [9.17, 15) is 9.59 Å². The van der Waals surface area contributed by atoms with Crippen molar-refractivity contribution < 1.29 is 23.8 Å². The summed E-state index contributed by atoms with van der Waals surface area (Å²) in [4.78, 5) is 27.3. The molecule has 1 saturated heterocycles. The van der Waals surface area contributed by atoms with E-state index in [1.165, 1.54) is 0 Å². The van der Waals surface area contributed by atoms with Gasteiger partial charge in [-0.15, -0.1) is 11.3 Å². The van der Waals surface area contributed by atoms with Crippen molar-refractivity contribution in [2.24, 2.45) is 7.05 Å². The Hall–Kier alpha value is -3.98. The number of carbonyl (C=O) groups is 2. The zero-order valence-corrected chi connectivity index (χ0v) is 26.0. The molecule has 42 heavy (non-hydrogen) atoms. The number of allylic oxidation sites excluding steroid dienone is 3. The molecular weight excluding hydrogens is 550 g/mol. The summed E-state index contributed by atoms with van der Waals surface area (Å²) in [6.07, 6.45) is 7.59. The first-order valence-electron chi connectivity index (χ1n) is 14.3. The fourth-order valence-corrected chi connectivity index (χ4v) is 5.66. The molecule has 224 valence electrons. The lowest BCUT2D eigenvalue weighted by atomic mass is 10.1. The zero-order valence-electron chi connectivity index (χ0n) is 25.1. The highest BCUT2D eigenvalue weighted by Gasteiger charge is 2.26. The third kappa shape index (κ3) is 8.06. The number of aromatic nitrogens is 1. The molecule has 0 bridgehead atoms. The lowest BCUT2D eigenvalue weighted by Gasteiger charge is -2.26. The first-order valence-corrected chi connectivity index (χ1v) is 15.2. The Balaban J connectivity index is 1.31. The molecule has 9 heteroatoms. The Kier molecular flexibility index (Phi) is 10.2. The maximum absolute atomic E-state index is 13.1. The van der Waals surface area contributed by atoms with Crippen molar-refractivity contribution in [3.63, 3.8) is 0 Å². The highest BCUT2D eigenvalue weighted by molar-refractivity contribution is 7.17. The van der Waals surface area contributed by atoms with E-state index in [2.05, 4.69) is 11.9 Å². The summed E-state index contributed by atoms with van der Waals surface area (Å²) in [5.74, 6) is 1.25. The first-order chi connectivity index (χ1) is 20.1. The van der Waals surface area contributed by atoms with Crippen molar-refractivity contribution in [3.8, 4) is 11.5 Å². The van der Waals surface area contributed by atoms with Gasteiger partial charge in [0.15, 0.2) is 0 Å². The van der Waals surface area contributed by atoms with Gasteiger partial charge >= 0.3 is 6.09 Å². The van der Waals surface area contributed by atoms with Crippen molar-refractivity contribution >= 4 is 33.6 Å². The standard InChI is InChI=1S/C33H41N3O5S/c1-7-10-23(27(8-2)34-31(37)29-21-30-28(35(29)6)17-20-42-30)22-39-24-12-14-26(15-13-24)40-25-11-9-18-36(19-16-25)32(38)41-33(3,4)5/h7-8,10,12-15,17,20-21,25H,1,9,11,16,18-19,22H2,2-6H3,(H,34,37)/b23-10-,27-8+. The molecule has 8 nitrogen and oxygen atoms in total. The second-order valence-electron chi connectivity index (χ2n) is 11.2. The normalized spacial score (nSPS) is 16.6. The van der Waals surface area contributed by atoms with Gasteiger partial charge in [0.2, 0.25) is 0 Å². The van der Waals surface area contributed by atoms with Crippen molar-refractivity contribution in [3.05, 3.63) is 83.5 Å². The Morgan fingerprint density at radius 1 is 1.12 bits per heavy atom. The van der Waals surface area contributed by atoms with Gasteiger partial charge in [-0.05, 0) is 82.3 Å². The Bertz CT molecular complexity index is 1460. The maximum atomic E-state index is 13.1. The van der Waals surface area contributed by atoms with E-state index in [4.69, 9.17) is 14.2 Å². The van der Waals surface area contributed by atoms with Gasteiger partial charge in [-0.25, -0.2) is 4.79 Å². The third-order valence-electron chi connectivity index (χ3n) is 6.95. The average molecular weight is 592 g/mol. The van der Waals surface area contributed by atoms with E-state index >= 15 is 0 Å². The molecule has 0 radical (unpaired) electrons. The van der Waals surface area contributed by atoms with Crippen LogP contribution in [-0.2, 0) is 11.8 Å². The predicted octanol–water partition coefficient (Wildman–Crippen LogP) is 7.23. The molecule has 1 atom stereocenters. The molecule has 3 heterocycles. The number of rotatable bonds is 9. The van der Waals surface area contributed by atoms with Crippen molar-refractivity contribution in [1.29, 1.82) is 0 Å². The van der Waals surface area contributed by atoms with Crippen LogP contribution < -0.4 is 14.8 Å². The van der Waals surface area contributed by atoms with Gasteiger partial charge in [0, 0.05) is 37.8 Å². The average Bonchev–Trinajstić information content (AvgIpc) is 3.45. The summed E-state index contributed by atoms with van der Waals surface area (Å²) in [6, 6.07) is 11.4. The number of nitrogens with zero attached hydrogens (tertiary/aromatic N) is 2. The predicted molar refractivity (Wildman–Crippen MR) is 168 cm³/mol. The third-order valence-corrected chi connectivity index (χ3v) is 7.80. The minimum absolute atomic E-state index is 0.0206. The van der Waals surface area contributed by atoms with Gasteiger partial charge in [-0.2, -0.15) is 0 Å². The first kappa shape index (κ1) is 31.0. The fourth-order valence-electron chi connectivity index (χ4n) is 4.81.